The highest BCUT2D eigenvalue weighted by molar-refractivity contribution is 5.78. The van der Waals surface area contributed by atoms with Gasteiger partial charge in [0, 0.05) is 12.1 Å². The fourth-order valence-electron chi connectivity index (χ4n) is 2.84. The lowest BCUT2D eigenvalue weighted by Crippen LogP contribution is -2.27. The summed E-state index contributed by atoms with van der Waals surface area (Å²) in [5, 5.41) is 13.5. The van der Waals surface area contributed by atoms with Crippen molar-refractivity contribution in [2.24, 2.45) is 0 Å². The van der Waals surface area contributed by atoms with Crippen molar-refractivity contribution in [3.63, 3.8) is 0 Å². The van der Waals surface area contributed by atoms with Crippen molar-refractivity contribution in [1.82, 2.24) is 25.1 Å². The number of carbonyl (C=O) groups excluding carboxylic acids is 1. The molecular formula is C20H16FN5O2. The van der Waals surface area contributed by atoms with Crippen molar-refractivity contribution in [2.75, 3.05) is 0 Å². The fraction of sp³-hybridized carbons (Fsp3) is 0.100. The molecule has 4 aromatic rings. The van der Waals surface area contributed by atoms with Crippen LogP contribution in [0.3, 0.4) is 0 Å². The van der Waals surface area contributed by atoms with E-state index in [4.69, 9.17) is 0 Å². The molecule has 2 aromatic carbocycles. The van der Waals surface area contributed by atoms with E-state index in [9.17, 15) is 14.0 Å². The molecular weight excluding hydrogens is 361 g/mol. The van der Waals surface area contributed by atoms with Gasteiger partial charge in [-0.05, 0) is 35.9 Å². The number of nitrogens with one attached hydrogen (secondary N) is 2. The summed E-state index contributed by atoms with van der Waals surface area (Å²) in [6.07, 6.45) is -0.0509. The van der Waals surface area contributed by atoms with Crippen LogP contribution in [0.15, 0.2) is 65.5 Å². The van der Waals surface area contributed by atoms with E-state index in [2.05, 4.69) is 20.6 Å². The van der Waals surface area contributed by atoms with Crippen molar-refractivity contribution < 1.29 is 9.18 Å². The van der Waals surface area contributed by atoms with Gasteiger partial charge in [0.1, 0.15) is 11.3 Å². The van der Waals surface area contributed by atoms with Crippen LogP contribution >= 0.6 is 0 Å². The predicted octanol–water partition coefficient (Wildman–Crippen LogP) is 2.08. The van der Waals surface area contributed by atoms with Crippen LogP contribution in [0.4, 0.5) is 4.39 Å². The number of H-pyrrole nitrogens is 1. The van der Waals surface area contributed by atoms with Gasteiger partial charge in [-0.2, -0.15) is 10.2 Å². The number of amides is 1. The van der Waals surface area contributed by atoms with Crippen molar-refractivity contribution >= 4 is 11.4 Å². The molecule has 0 radical (unpaired) electrons. The predicted molar refractivity (Wildman–Crippen MR) is 101 cm³/mol. The summed E-state index contributed by atoms with van der Waals surface area (Å²) in [5.74, 6) is -0.306. The first-order valence-corrected chi connectivity index (χ1v) is 8.64. The lowest BCUT2D eigenvalue weighted by atomic mass is 10.1. The highest BCUT2D eigenvalue weighted by atomic mass is 19.1. The van der Waals surface area contributed by atoms with Crippen LogP contribution < -0.4 is 10.9 Å². The molecule has 0 saturated heterocycles. The van der Waals surface area contributed by atoms with Gasteiger partial charge in [0.05, 0.1) is 12.1 Å². The average Bonchev–Trinajstić information content (AvgIpc) is 3.16. The Hall–Kier alpha value is -3.81. The summed E-state index contributed by atoms with van der Waals surface area (Å²) in [4.78, 5) is 24.4. The van der Waals surface area contributed by atoms with Gasteiger partial charge < -0.3 is 5.32 Å². The average molecular weight is 377 g/mol. The number of halogens is 1. The smallest absolute Gasteiger partial charge is 0.290 e. The maximum Gasteiger partial charge on any atom is 0.290 e. The standard InChI is InChI=1S/C20H16FN5O2/c21-15-8-6-14(7-9-15)16-10-17-20(28)24-23-18(26(17)25-16)11-19(27)22-12-13-4-2-1-3-5-13/h1-10H,11-12H2,(H,22,27)(H,24,28). The number of aromatic nitrogens is 4. The topological polar surface area (TPSA) is 92.2 Å². The highest BCUT2D eigenvalue weighted by Gasteiger charge is 2.14. The van der Waals surface area contributed by atoms with Gasteiger partial charge >= 0.3 is 0 Å². The van der Waals surface area contributed by atoms with Crippen LogP contribution in [0.1, 0.15) is 11.4 Å². The molecule has 1 amide bonds. The zero-order valence-electron chi connectivity index (χ0n) is 14.7. The maximum absolute atomic E-state index is 13.1. The Morgan fingerprint density at radius 3 is 2.61 bits per heavy atom. The van der Waals surface area contributed by atoms with Crippen LogP contribution in [-0.2, 0) is 17.8 Å². The van der Waals surface area contributed by atoms with Crippen LogP contribution in [0.25, 0.3) is 16.8 Å². The van der Waals surface area contributed by atoms with Crippen LogP contribution in [0.5, 0.6) is 0 Å². The number of aromatic amines is 1. The zero-order valence-corrected chi connectivity index (χ0v) is 14.7. The summed E-state index contributed by atoms with van der Waals surface area (Å²) >= 11 is 0. The van der Waals surface area contributed by atoms with E-state index >= 15 is 0 Å². The second-order valence-corrected chi connectivity index (χ2v) is 6.24. The first kappa shape index (κ1) is 17.6. The molecule has 0 aliphatic heterocycles. The lowest BCUT2D eigenvalue weighted by molar-refractivity contribution is -0.120. The summed E-state index contributed by atoms with van der Waals surface area (Å²) in [7, 11) is 0. The van der Waals surface area contributed by atoms with Gasteiger partial charge in [-0.15, -0.1) is 0 Å². The number of hydrogen-bond donors (Lipinski definition) is 2. The van der Waals surface area contributed by atoms with Gasteiger partial charge in [-0.3, -0.25) is 9.59 Å². The van der Waals surface area contributed by atoms with Crippen molar-refractivity contribution in [1.29, 1.82) is 0 Å². The number of fused-ring (bicyclic) bond motifs is 1. The van der Waals surface area contributed by atoms with Crippen molar-refractivity contribution in [3.8, 4) is 11.3 Å². The van der Waals surface area contributed by atoms with Gasteiger partial charge in [0.2, 0.25) is 5.91 Å². The molecule has 0 aliphatic carbocycles. The Balaban J connectivity index is 1.58. The molecule has 0 atom stereocenters. The van der Waals surface area contributed by atoms with Gasteiger partial charge in [0.25, 0.3) is 5.56 Å². The minimum Gasteiger partial charge on any atom is -0.352 e. The fourth-order valence-corrected chi connectivity index (χ4v) is 2.84. The lowest BCUT2D eigenvalue weighted by Gasteiger charge is -2.06. The highest BCUT2D eigenvalue weighted by Crippen LogP contribution is 2.19. The van der Waals surface area contributed by atoms with Crippen molar-refractivity contribution in [3.05, 3.63) is 88.2 Å². The number of nitrogens with zero attached hydrogens (tertiary/aromatic N) is 3. The van der Waals surface area contributed by atoms with E-state index in [1.165, 1.54) is 16.6 Å². The first-order valence-electron chi connectivity index (χ1n) is 8.64. The van der Waals surface area contributed by atoms with Gasteiger partial charge in [-0.1, -0.05) is 30.3 Å². The van der Waals surface area contributed by atoms with E-state index < -0.39 is 5.56 Å². The third-order valence-corrected chi connectivity index (χ3v) is 4.26. The second kappa shape index (κ2) is 7.43. The van der Waals surface area contributed by atoms with Crippen molar-refractivity contribution in [2.45, 2.75) is 13.0 Å². The first-order chi connectivity index (χ1) is 13.6. The number of benzene rings is 2. The molecule has 0 aliphatic rings. The van der Waals surface area contributed by atoms with Gasteiger partial charge in [-0.25, -0.2) is 14.0 Å². The Kier molecular flexibility index (Phi) is 4.67. The van der Waals surface area contributed by atoms with Crippen LogP contribution in [-0.4, -0.2) is 25.7 Å². The molecule has 28 heavy (non-hydrogen) atoms. The monoisotopic (exact) mass is 377 g/mol. The summed E-state index contributed by atoms with van der Waals surface area (Å²) in [6, 6.07) is 16.9. The molecule has 0 fully saturated rings. The third kappa shape index (κ3) is 3.66. The van der Waals surface area contributed by atoms with Crippen LogP contribution in [0.2, 0.25) is 0 Å². The Bertz CT molecular complexity index is 1180. The Morgan fingerprint density at radius 1 is 1.11 bits per heavy atom. The maximum atomic E-state index is 13.1. The number of hydrogen-bond acceptors (Lipinski definition) is 4. The quantitative estimate of drug-likeness (QED) is 0.557. The van der Waals surface area contributed by atoms with Crippen LogP contribution in [0, 0.1) is 5.82 Å². The molecule has 2 heterocycles. The Morgan fingerprint density at radius 2 is 1.86 bits per heavy atom. The largest absolute Gasteiger partial charge is 0.352 e. The zero-order chi connectivity index (χ0) is 19.5. The van der Waals surface area contributed by atoms with E-state index in [0.717, 1.165) is 5.56 Å². The minimum absolute atomic E-state index is 0.0509. The molecule has 7 nitrogen and oxygen atoms in total. The molecule has 0 bridgehead atoms. The molecule has 8 heteroatoms. The normalized spacial score (nSPS) is 10.9. The van der Waals surface area contributed by atoms with E-state index in [0.29, 0.717) is 23.6 Å². The molecule has 4 rings (SSSR count). The van der Waals surface area contributed by atoms with E-state index in [1.54, 1.807) is 18.2 Å². The summed E-state index contributed by atoms with van der Waals surface area (Å²) in [6.45, 7) is 0.395. The summed E-state index contributed by atoms with van der Waals surface area (Å²) < 4.78 is 14.5. The van der Waals surface area contributed by atoms with Gasteiger partial charge in [0.15, 0.2) is 5.82 Å². The molecule has 2 N–H and O–H groups in total. The number of carbonyl (C=O) groups is 1. The SMILES string of the molecule is O=C(Cc1n[nH]c(=O)c2cc(-c3ccc(F)cc3)nn12)NCc1ccccc1. The molecule has 0 unspecified atom stereocenters. The van der Waals surface area contributed by atoms with E-state index in [-0.39, 0.29) is 23.7 Å². The Labute approximate surface area is 158 Å². The second-order valence-electron chi connectivity index (χ2n) is 6.24. The molecule has 140 valence electrons. The van der Waals surface area contributed by atoms with E-state index in [1.807, 2.05) is 30.3 Å². The third-order valence-electron chi connectivity index (χ3n) is 4.26. The molecule has 2 aromatic heterocycles. The number of rotatable bonds is 5. The summed E-state index contributed by atoms with van der Waals surface area (Å²) in [5.41, 5.74) is 1.97. The minimum atomic E-state index is -0.422. The molecule has 0 saturated carbocycles. The molecule has 0 spiro atoms.